The van der Waals surface area contributed by atoms with Crippen molar-refractivity contribution in [1.82, 2.24) is 5.32 Å². The number of carboxylic acids is 1. The topological polar surface area (TPSA) is 91.9 Å². The van der Waals surface area contributed by atoms with Crippen molar-refractivity contribution in [3.8, 4) is 11.3 Å². The number of furan rings is 1. The number of nitrogens with zero attached hydrogens (tertiary/aromatic N) is 1. The van der Waals surface area contributed by atoms with Gasteiger partial charge in [-0.15, -0.1) is 0 Å². The number of aryl methyl sites for hydroxylation is 2. The number of amidine groups is 1. The number of nitrogens with one attached hydrogen (secondary N) is 1. The van der Waals surface area contributed by atoms with Gasteiger partial charge in [0.25, 0.3) is 5.91 Å². The molecule has 2 heterocycles. The molecule has 1 amide bonds. The Morgan fingerprint density at radius 3 is 2.77 bits per heavy atom. The van der Waals surface area contributed by atoms with E-state index in [1.807, 2.05) is 32.0 Å². The molecule has 1 aromatic heterocycles. The van der Waals surface area contributed by atoms with Crippen LogP contribution >= 0.6 is 11.8 Å². The Balaban J connectivity index is 1.57. The van der Waals surface area contributed by atoms with Crippen LogP contribution in [0.5, 0.6) is 0 Å². The Bertz CT molecular complexity index is 1220. The van der Waals surface area contributed by atoms with Crippen molar-refractivity contribution >= 4 is 40.6 Å². The molecule has 30 heavy (non-hydrogen) atoms. The number of carbonyl (C=O) groups excluding carboxylic acids is 1. The summed E-state index contributed by atoms with van der Waals surface area (Å²) in [5.41, 5.74) is 3.78. The molecule has 1 saturated heterocycles. The number of hydrogen-bond donors (Lipinski definition) is 2. The first kappa shape index (κ1) is 19.7. The van der Waals surface area contributed by atoms with Crippen LogP contribution in [0.25, 0.3) is 17.4 Å². The summed E-state index contributed by atoms with van der Waals surface area (Å²) < 4.78 is 5.80. The van der Waals surface area contributed by atoms with E-state index in [0.717, 1.165) is 16.8 Å². The van der Waals surface area contributed by atoms with Crippen molar-refractivity contribution in [3.05, 3.63) is 82.0 Å². The van der Waals surface area contributed by atoms with Gasteiger partial charge >= 0.3 is 5.97 Å². The van der Waals surface area contributed by atoms with Crippen molar-refractivity contribution in [2.45, 2.75) is 13.8 Å². The van der Waals surface area contributed by atoms with Crippen LogP contribution in [0.4, 0.5) is 5.69 Å². The lowest BCUT2D eigenvalue weighted by Crippen LogP contribution is -2.19. The lowest BCUT2D eigenvalue weighted by Gasteiger charge is -2.02. The number of thioether (sulfide) groups is 1. The lowest BCUT2D eigenvalue weighted by molar-refractivity contribution is -0.115. The fourth-order valence-electron chi connectivity index (χ4n) is 2.95. The van der Waals surface area contributed by atoms with Gasteiger partial charge in [-0.1, -0.05) is 24.3 Å². The van der Waals surface area contributed by atoms with E-state index in [-0.39, 0.29) is 11.5 Å². The molecule has 2 aromatic carbocycles. The van der Waals surface area contributed by atoms with E-state index >= 15 is 0 Å². The summed E-state index contributed by atoms with van der Waals surface area (Å²) in [7, 11) is 0. The maximum Gasteiger partial charge on any atom is 0.335 e. The van der Waals surface area contributed by atoms with E-state index < -0.39 is 5.97 Å². The number of rotatable bonds is 4. The van der Waals surface area contributed by atoms with Gasteiger partial charge in [-0.25, -0.2) is 9.79 Å². The van der Waals surface area contributed by atoms with E-state index in [2.05, 4.69) is 10.3 Å². The minimum atomic E-state index is -1.000. The van der Waals surface area contributed by atoms with Gasteiger partial charge in [-0.3, -0.25) is 4.79 Å². The zero-order valence-electron chi connectivity index (χ0n) is 16.3. The highest BCUT2D eigenvalue weighted by molar-refractivity contribution is 8.18. The first-order chi connectivity index (χ1) is 14.4. The minimum absolute atomic E-state index is 0.182. The smallest absolute Gasteiger partial charge is 0.335 e. The molecule has 3 aromatic rings. The number of carbonyl (C=O) groups is 2. The summed E-state index contributed by atoms with van der Waals surface area (Å²) in [5, 5.41) is 12.4. The summed E-state index contributed by atoms with van der Waals surface area (Å²) in [4.78, 5) is 28.5. The predicted molar refractivity (Wildman–Crippen MR) is 118 cm³/mol. The highest BCUT2D eigenvalue weighted by Crippen LogP contribution is 2.31. The van der Waals surface area contributed by atoms with Crippen molar-refractivity contribution in [2.75, 3.05) is 0 Å². The van der Waals surface area contributed by atoms with Gasteiger partial charge in [-0.2, -0.15) is 0 Å². The summed E-state index contributed by atoms with van der Waals surface area (Å²) in [5.74, 6) is -0.218. The van der Waals surface area contributed by atoms with Crippen LogP contribution in [0, 0.1) is 13.8 Å². The van der Waals surface area contributed by atoms with Crippen LogP contribution in [0.15, 0.2) is 68.9 Å². The molecule has 150 valence electrons. The monoisotopic (exact) mass is 418 g/mol. The molecule has 6 nitrogen and oxygen atoms in total. The molecule has 0 unspecified atom stereocenters. The van der Waals surface area contributed by atoms with Gasteiger partial charge in [0.05, 0.1) is 16.2 Å². The number of benzene rings is 2. The maximum atomic E-state index is 12.3. The van der Waals surface area contributed by atoms with Crippen LogP contribution in [0.1, 0.15) is 27.2 Å². The van der Waals surface area contributed by atoms with E-state index in [1.54, 1.807) is 36.4 Å². The van der Waals surface area contributed by atoms with Gasteiger partial charge < -0.3 is 14.8 Å². The van der Waals surface area contributed by atoms with Gasteiger partial charge in [-0.05, 0) is 67.1 Å². The average molecular weight is 418 g/mol. The maximum absolute atomic E-state index is 12.3. The highest BCUT2D eigenvalue weighted by Gasteiger charge is 2.24. The molecule has 7 heteroatoms. The third-order valence-electron chi connectivity index (χ3n) is 4.53. The summed E-state index contributed by atoms with van der Waals surface area (Å²) >= 11 is 1.25. The summed E-state index contributed by atoms with van der Waals surface area (Å²) in [6.45, 7) is 3.97. The normalized spacial score (nSPS) is 16.3. The van der Waals surface area contributed by atoms with Crippen molar-refractivity contribution in [1.29, 1.82) is 0 Å². The molecule has 0 saturated carbocycles. The Morgan fingerprint density at radius 1 is 1.13 bits per heavy atom. The first-order valence-corrected chi connectivity index (χ1v) is 10.0. The fraction of sp³-hybridized carbons (Fsp3) is 0.0870. The van der Waals surface area contributed by atoms with Gasteiger partial charge in [0.15, 0.2) is 5.17 Å². The lowest BCUT2D eigenvalue weighted by atomic mass is 10.1. The Hall–Kier alpha value is -3.58. The standard InChI is InChI=1S/C23H18N2O4S/c1-13-6-7-14(2)18(10-13)24-23-25-21(26)20(30-23)12-17-8-9-19(29-17)15-4-3-5-16(11-15)22(27)28/h3-12H,1-2H3,(H,27,28)(H,24,25,26)/b20-12-. The second kappa shape index (κ2) is 8.04. The predicted octanol–water partition coefficient (Wildman–Crippen LogP) is 5.15. The number of carboxylic acid groups (broad SMARTS) is 1. The molecule has 0 radical (unpaired) electrons. The molecule has 0 bridgehead atoms. The van der Waals surface area contributed by atoms with Gasteiger partial charge in [0.1, 0.15) is 11.5 Å². The van der Waals surface area contributed by atoms with Crippen LogP contribution in [-0.2, 0) is 4.79 Å². The van der Waals surface area contributed by atoms with E-state index in [4.69, 9.17) is 9.52 Å². The molecular formula is C23H18N2O4S. The zero-order chi connectivity index (χ0) is 21.3. The summed E-state index contributed by atoms with van der Waals surface area (Å²) in [6, 6.07) is 16.0. The molecule has 2 N–H and O–H groups in total. The number of amides is 1. The van der Waals surface area contributed by atoms with Crippen molar-refractivity contribution < 1.29 is 19.1 Å². The molecule has 0 aliphatic carbocycles. The van der Waals surface area contributed by atoms with Gasteiger partial charge in [0, 0.05) is 11.6 Å². The number of hydrogen-bond acceptors (Lipinski definition) is 5. The SMILES string of the molecule is Cc1ccc(C)c(N=C2NC(=O)/C(=C/c3ccc(-c4cccc(C(=O)O)c4)o3)S2)c1. The minimum Gasteiger partial charge on any atom is -0.478 e. The third-order valence-corrected chi connectivity index (χ3v) is 5.44. The third kappa shape index (κ3) is 4.21. The van der Waals surface area contributed by atoms with Crippen LogP contribution in [0.3, 0.4) is 0 Å². The highest BCUT2D eigenvalue weighted by atomic mass is 32.2. The molecule has 4 rings (SSSR count). The fourth-order valence-corrected chi connectivity index (χ4v) is 3.76. The number of aliphatic imine (C=N–C) groups is 1. The van der Waals surface area contributed by atoms with Crippen LogP contribution in [-0.4, -0.2) is 22.2 Å². The molecule has 1 aliphatic rings. The first-order valence-electron chi connectivity index (χ1n) is 9.19. The van der Waals surface area contributed by atoms with E-state index in [9.17, 15) is 9.59 Å². The quantitative estimate of drug-likeness (QED) is 0.572. The van der Waals surface area contributed by atoms with Crippen LogP contribution < -0.4 is 5.32 Å². The van der Waals surface area contributed by atoms with Crippen LogP contribution in [0.2, 0.25) is 0 Å². The van der Waals surface area contributed by atoms with Crippen molar-refractivity contribution in [3.63, 3.8) is 0 Å². The Kier molecular flexibility index (Phi) is 5.29. The zero-order valence-corrected chi connectivity index (χ0v) is 17.1. The molecule has 0 spiro atoms. The van der Waals surface area contributed by atoms with E-state index in [1.165, 1.54) is 17.8 Å². The molecule has 1 aliphatic heterocycles. The molecule has 0 atom stereocenters. The Labute approximate surface area is 177 Å². The Morgan fingerprint density at radius 2 is 1.97 bits per heavy atom. The van der Waals surface area contributed by atoms with Crippen molar-refractivity contribution in [2.24, 2.45) is 4.99 Å². The summed E-state index contributed by atoms with van der Waals surface area (Å²) in [6.07, 6.45) is 1.65. The largest absolute Gasteiger partial charge is 0.478 e. The second-order valence-corrected chi connectivity index (χ2v) is 7.89. The molecule has 1 fully saturated rings. The van der Waals surface area contributed by atoms with Gasteiger partial charge in [0.2, 0.25) is 0 Å². The number of aromatic carboxylic acids is 1. The van der Waals surface area contributed by atoms with E-state index in [0.29, 0.717) is 27.2 Å². The molecular weight excluding hydrogens is 400 g/mol. The average Bonchev–Trinajstić information content (AvgIpc) is 3.32. The second-order valence-electron chi connectivity index (χ2n) is 6.86.